The number of hydrogen-bond acceptors (Lipinski definition) is 6. The fourth-order valence-corrected chi connectivity index (χ4v) is 6.10. The first-order valence-corrected chi connectivity index (χ1v) is 13.8. The van der Waals surface area contributed by atoms with Crippen LogP contribution in [0.4, 0.5) is 15.9 Å². The van der Waals surface area contributed by atoms with Gasteiger partial charge in [-0.2, -0.15) is 4.31 Å². The van der Waals surface area contributed by atoms with Crippen LogP contribution in [0.15, 0.2) is 53.4 Å². The maximum absolute atomic E-state index is 13.9. The van der Waals surface area contributed by atoms with Gasteiger partial charge in [0.2, 0.25) is 15.9 Å². The van der Waals surface area contributed by atoms with E-state index in [1.165, 1.54) is 35.5 Å². The molecule has 0 radical (unpaired) electrons. The lowest BCUT2D eigenvalue weighted by Crippen LogP contribution is -2.35. The second-order valence-electron chi connectivity index (χ2n) is 9.13. The van der Waals surface area contributed by atoms with Crippen molar-refractivity contribution in [3.05, 3.63) is 77.0 Å². The van der Waals surface area contributed by atoms with Crippen LogP contribution in [0.25, 0.3) is 0 Å². The van der Waals surface area contributed by atoms with Gasteiger partial charge < -0.3 is 10.2 Å². The highest BCUT2D eigenvalue weighted by atomic mass is 32.2. The van der Waals surface area contributed by atoms with Crippen molar-refractivity contribution < 1.29 is 17.6 Å². The van der Waals surface area contributed by atoms with E-state index in [1.807, 2.05) is 19.9 Å². The van der Waals surface area contributed by atoms with Crippen LogP contribution in [0.1, 0.15) is 42.9 Å². The molecule has 1 fully saturated rings. The molecule has 8 nitrogen and oxygen atoms in total. The zero-order valence-electron chi connectivity index (χ0n) is 21.4. The molecule has 37 heavy (non-hydrogen) atoms. The highest BCUT2D eigenvalue weighted by Crippen LogP contribution is 2.27. The van der Waals surface area contributed by atoms with Gasteiger partial charge in [-0.05, 0) is 61.7 Å². The summed E-state index contributed by atoms with van der Waals surface area (Å²) in [6.45, 7) is 7.10. The number of aromatic nitrogens is 2. The summed E-state index contributed by atoms with van der Waals surface area (Å²) in [4.78, 5) is 23.0. The van der Waals surface area contributed by atoms with Crippen molar-refractivity contribution in [2.24, 2.45) is 0 Å². The van der Waals surface area contributed by atoms with E-state index in [-0.39, 0.29) is 16.6 Å². The molecular weight excluding hydrogens is 493 g/mol. The van der Waals surface area contributed by atoms with Gasteiger partial charge in [-0.3, -0.25) is 4.79 Å². The van der Waals surface area contributed by atoms with E-state index >= 15 is 0 Å². The molecule has 196 valence electrons. The van der Waals surface area contributed by atoms with Crippen LogP contribution in [0.5, 0.6) is 0 Å². The number of amides is 1. The SMILES string of the molecule is CCc1nc(C)nc(N2CCCN(S(=O)(=O)c3ccc(NC(C)=O)cc3)CC2)c1Cc1cccc(F)c1. The first-order chi connectivity index (χ1) is 17.7. The highest BCUT2D eigenvalue weighted by Gasteiger charge is 2.28. The summed E-state index contributed by atoms with van der Waals surface area (Å²) in [6.07, 6.45) is 1.84. The van der Waals surface area contributed by atoms with Gasteiger partial charge in [0, 0.05) is 56.5 Å². The number of aryl methyl sites for hydroxylation is 2. The van der Waals surface area contributed by atoms with Gasteiger partial charge in [-0.1, -0.05) is 19.1 Å². The van der Waals surface area contributed by atoms with Crippen LogP contribution in [-0.4, -0.2) is 54.8 Å². The lowest BCUT2D eigenvalue weighted by molar-refractivity contribution is -0.114. The second-order valence-corrected chi connectivity index (χ2v) is 11.1. The maximum Gasteiger partial charge on any atom is 0.243 e. The molecule has 3 aromatic rings. The number of hydrogen-bond donors (Lipinski definition) is 1. The molecule has 1 saturated heterocycles. The molecule has 1 N–H and O–H groups in total. The molecule has 1 aromatic heterocycles. The topological polar surface area (TPSA) is 95.5 Å². The summed E-state index contributed by atoms with van der Waals surface area (Å²) in [6, 6.07) is 12.7. The monoisotopic (exact) mass is 525 g/mol. The average molecular weight is 526 g/mol. The molecule has 0 saturated carbocycles. The minimum absolute atomic E-state index is 0.188. The molecule has 0 atom stereocenters. The third kappa shape index (κ3) is 6.31. The second kappa shape index (κ2) is 11.4. The van der Waals surface area contributed by atoms with E-state index in [0.29, 0.717) is 57.0 Å². The first-order valence-electron chi connectivity index (χ1n) is 12.4. The van der Waals surface area contributed by atoms with E-state index in [9.17, 15) is 17.6 Å². The van der Waals surface area contributed by atoms with Crippen molar-refractivity contribution in [2.45, 2.75) is 44.9 Å². The number of halogens is 1. The van der Waals surface area contributed by atoms with Gasteiger partial charge in [-0.25, -0.2) is 22.8 Å². The van der Waals surface area contributed by atoms with Gasteiger partial charge in [0.1, 0.15) is 17.5 Å². The Morgan fingerprint density at radius 2 is 1.81 bits per heavy atom. The van der Waals surface area contributed by atoms with Crippen molar-refractivity contribution in [1.82, 2.24) is 14.3 Å². The van der Waals surface area contributed by atoms with Crippen LogP contribution in [0, 0.1) is 12.7 Å². The molecule has 2 heterocycles. The van der Waals surface area contributed by atoms with Gasteiger partial charge in [-0.15, -0.1) is 0 Å². The minimum atomic E-state index is -3.70. The van der Waals surface area contributed by atoms with Gasteiger partial charge in [0.05, 0.1) is 4.90 Å². The van der Waals surface area contributed by atoms with Gasteiger partial charge in [0.25, 0.3) is 0 Å². The van der Waals surface area contributed by atoms with Crippen molar-refractivity contribution in [3.8, 4) is 0 Å². The third-order valence-corrected chi connectivity index (χ3v) is 8.27. The summed E-state index contributed by atoms with van der Waals surface area (Å²) >= 11 is 0. The molecule has 1 amide bonds. The summed E-state index contributed by atoms with van der Waals surface area (Å²) in [7, 11) is -3.70. The zero-order chi connectivity index (χ0) is 26.6. The predicted molar refractivity (Wildman–Crippen MR) is 142 cm³/mol. The molecule has 0 bridgehead atoms. The predicted octanol–water partition coefficient (Wildman–Crippen LogP) is 3.94. The quantitative estimate of drug-likeness (QED) is 0.502. The number of carbonyl (C=O) groups excluding carboxylic acids is 1. The van der Waals surface area contributed by atoms with E-state index in [1.54, 1.807) is 18.2 Å². The fourth-order valence-electron chi connectivity index (χ4n) is 4.63. The van der Waals surface area contributed by atoms with Crippen molar-refractivity contribution in [2.75, 3.05) is 36.4 Å². The van der Waals surface area contributed by atoms with Crippen LogP contribution < -0.4 is 10.2 Å². The number of anilines is 2. The number of carbonyl (C=O) groups is 1. The van der Waals surface area contributed by atoms with Crippen LogP contribution in [0.3, 0.4) is 0 Å². The largest absolute Gasteiger partial charge is 0.355 e. The molecule has 0 unspecified atom stereocenters. The highest BCUT2D eigenvalue weighted by molar-refractivity contribution is 7.89. The van der Waals surface area contributed by atoms with Gasteiger partial charge >= 0.3 is 0 Å². The van der Waals surface area contributed by atoms with E-state index in [0.717, 1.165) is 22.6 Å². The van der Waals surface area contributed by atoms with Crippen molar-refractivity contribution in [3.63, 3.8) is 0 Å². The summed E-state index contributed by atoms with van der Waals surface area (Å²) in [5, 5.41) is 2.65. The van der Waals surface area contributed by atoms with Crippen LogP contribution in [-0.2, 0) is 27.7 Å². The lowest BCUT2D eigenvalue weighted by Gasteiger charge is -2.26. The Morgan fingerprint density at radius 3 is 2.49 bits per heavy atom. The van der Waals surface area contributed by atoms with Crippen LogP contribution >= 0.6 is 0 Å². The average Bonchev–Trinajstić information content (AvgIpc) is 3.12. The number of nitrogens with one attached hydrogen (secondary N) is 1. The molecule has 4 rings (SSSR count). The molecule has 0 aliphatic carbocycles. The Morgan fingerprint density at radius 1 is 1.05 bits per heavy atom. The van der Waals surface area contributed by atoms with Crippen molar-refractivity contribution in [1.29, 1.82) is 0 Å². The normalized spacial score (nSPS) is 14.9. The zero-order valence-corrected chi connectivity index (χ0v) is 22.2. The molecule has 2 aromatic carbocycles. The Bertz CT molecular complexity index is 1380. The molecule has 1 aliphatic heterocycles. The molecule has 0 spiro atoms. The van der Waals surface area contributed by atoms with E-state index < -0.39 is 10.0 Å². The standard InChI is InChI=1S/C27H32FN5O3S/c1-4-26-25(18-21-7-5-8-22(28)17-21)27(30-19(2)29-26)32-13-6-14-33(16-15-32)37(35,36)24-11-9-23(10-12-24)31-20(3)34/h5,7-12,17H,4,6,13-16,18H2,1-3H3,(H,31,34). The van der Waals surface area contributed by atoms with Crippen LogP contribution in [0.2, 0.25) is 0 Å². The Hall–Kier alpha value is -3.37. The molecule has 1 aliphatic rings. The number of sulfonamides is 1. The first kappa shape index (κ1) is 26.7. The number of benzene rings is 2. The number of rotatable bonds is 7. The smallest absolute Gasteiger partial charge is 0.243 e. The van der Waals surface area contributed by atoms with Crippen molar-refractivity contribution >= 4 is 27.4 Å². The van der Waals surface area contributed by atoms with Gasteiger partial charge in [0.15, 0.2) is 0 Å². The molecular formula is C27H32FN5O3S. The Kier molecular flexibility index (Phi) is 8.19. The van der Waals surface area contributed by atoms with E-state index in [2.05, 4.69) is 15.2 Å². The summed E-state index contributed by atoms with van der Waals surface area (Å²) < 4.78 is 42.1. The summed E-state index contributed by atoms with van der Waals surface area (Å²) in [5.41, 5.74) is 3.25. The third-order valence-electron chi connectivity index (χ3n) is 6.35. The summed E-state index contributed by atoms with van der Waals surface area (Å²) in [5.74, 6) is 0.937. The Labute approximate surface area is 217 Å². The minimum Gasteiger partial charge on any atom is -0.355 e. The maximum atomic E-state index is 13.9. The molecule has 10 heteroatoms. The fraction of sp³-hybridized carbons (Fsp3) is 0.370. The Balaban J connectivity index is 1.58. The van der Waals surface area contributed by atoms with E-state index in [4.69, 9.17) is 4.98 Å². The lowest BCUT2D eigenvalue weighted by atomic mass is 10.0. The number of nitrogens with zero attached hydrogens (tertiary/aromatic N) is 4.